The van der Waals surface area contributed by atoms with Crippen LogP contribution in [0.25, 0.3) is 33.4 Å². The number of halogens is 3. The van der Waals surface area contributed by atoms with Gasteiger partial charge in [-0.2, -0.15) is 23.4 Å². The summed E-state index contributed by atoms with van der Waals surface area (Å²) in [6.07, 6.45) is -2.55. The predicted octanol–water partition coefficient (Wildman–Crippen LogP) is 5.61. The maximum Gasteiger partial charge on any atom is 0.416 e. The Bertz CT molecular complexity index is 1380. The number of rotatable bonds is 1. The van der Waals surface area contributed by atoms with Gasteiger partial charge in [0.15, 0.2) is 0 Å². The van der Waals surface area contributed by atoms with Gasteiger partial charge >= 0.3 is 6.18 Å². The van der Waals surface area contributed by atoms with Crippen LogP contribution in [0.5, 0.6) is 0 Å². The fraction of sp³-hybridized carbons (Fsp3) is 0.0435. The molecule has 3 aromatic carbocycles. The molecule has 0 N–H and O–H groups in total. The number of hydrogen-bond acceptors (Lipinski definition) is 4. The molecule has 0 unspecified atom stereocenters. The Morgan fingerprint density at radius 1 is 0.767 bits per heavy atom. The molecule has 7 heteroatoms. The molecule has 1 aromatic heterocycles. The highest BCUT2D eigenvalue weighted by Crippen LogP contribution is 2.36. The lowest BCUT2D eigenvalue weighted by Gasteiger charge is -2.09. The summed E-state index contributed by atoms with van der Waals surface area (Å²) in [6.45, 7) is 0. The predicted molar refractivity (Wildman–Crippen MR) is 107 cm³/mol. The highest BCUT2D eigenvalue weighted by Gasteiger charge is 2.30. The number of nitrogens with zero attached hydrogens (tertiary/aromatic N) is 4. The van der Waals surface area contributed by atoms with Crippen LogP contribution in [-0.4, -0.2) is 15.7 Å². The van der Waals surface area contributed by atoms with Crippen molar-refractivity contribution >= 4 is 16.7 Å². The van der Waals surface area contributed by atoms with E-state index in [9.17, 15) is 13.2 Å². The van der Waals surface area contributed by atoms with Crippen molar-refractivity contribution in [1.29, 1.82) is 5.26 Å². The van der Waals surface area contributed by atoms with Crippen LogP contribution in [0.4, 0.5) is 13.2 Å². The van der Waals surface area contributed by atoms with Crippen molar-refractivity contribution in [2.75, 3.05) is 0 Å². The summed E-state index contributed by atoms with van der Waals surface area (Å²) >= 11 is 0. The molecule has 1 heterocycles. The Hall–Kier alpha value is -4.05. The van der Waals surface area contributed by atoms with Gasteiger partial charge in [0.1, 0.15) is 11.4 Å². The van der Waals surface area contributed by atoms with Gasteiger partial charge in [-0.3, -0.25) is 0 Å². The molecular weight excluding hydrogens is 389 g/mol. The van der Waals surface area contributed by atoms with Crippen LogP contribution in [0.1, 0.15) is 16.8 Å². The van der Waals surface area contributed by atoms with Crippen molar-refractivity contribution in [2.24, 2.45) is 4.99 Å². The van der Waals surface area contributed by atoms with Crippen molar-refractivity contribution in [1.82, 2.24) is 9.97 Å². The minimum Gasteiger partial charge on any atom is -0.244 e. The minimum atomic E-state index is -4.37. The van der Waals surface area contributed by atoms with E-state index < -0.39 is 11.7 Å². The molecule has 0 bridgehead atoms. The van der Waals surface area contributed by atoms with Crippen LogP contribution >= 0.6 is 0 Å². The molecule has 0 saturated heterocycles. The largest absolute Gasteiger partial charge is 0.416 e. The van der Waals surface area contributed by atoms with Crippen molar-refractivity contribution in [3.63, 3.8) is 0 Å². The first-order valence-corrected chi connectivity index (χ1v) is 9.02. The summed E-state index contributed by atoms with van der Waals surface area (Å²) in [6, 6.07) is 17.9. The number of nitriles is 1. The average molecular weight is 400 g/mol. The van der Waals surface area contributed by atoms with E-state index in [-0.39, 0.29) is 0 Å². The van der Waals surface area contributed by atoms with E-state index >= 15 is 0 Å². The van der Waals surface area contributed by atoms with Crippen LogP contribution in [0.3, 0.4) is 0 Å². The smallest absolute Gasteiger partial charge is 0.244 e. The third-order valence-electron chi connectivity index (χ3n) is 5.03. The molecule has 30 heavy (non-hydrogen) atoms. The molecule has 1 aliphatic rings. The first-order valence-electron chi connectivity index (χ1n) is 9.02. The van der Waals surface area contributed by atoms with Gasteiger partial charge in [-0.1, -0.05) is 42.5 Å². The molecule has 1 aliphatic carbocycles. The molecule has 0 atom stereocenters. The molecule has 0 amide bonds. The van der Waals surface area contributed by atoms with Crippen LogP contribution in [0, 0.1) is 11.5 Å². The second-order valence-electron chi connectivity index (χ2n) is 6.81. The molecule has 0 radical (unpaired) electrons. The Kier molecular flexibility index (Phi) is 3.90. The molecule has 0 aliphatic heterocycles. The van der Waals surface area contributed by atoms with Crippen LogP contribution in [0.15, 0.2) is 71.7 Å². The SMILES string of the molecule is N#CN=C1c2ccccc2-c2nc3cc(-c4ccc(C(F)(F)F)cc4)ccc3nc21. The highest BCUT2D eigenvalue weighted by atomic mass is 19.4. The van der Waals surface area contributed by atoms with E-state index in [0.717, 1.165) is 28.8 Å². The van der Waals surface area contributed by atoms with Gasteiger partial charge < -0.3 is 0 Å². The van der Waals surface area contributed by atoms with Crippen molar-refractivity contribution in [2.45, 2.75) is 6.18 Å². The number of aromatic nitrogens is 2. The topological polar surface area (TPSA) is 61.9 Å². The first-order chi connectivity index (χ1) is 14.5. The van der Waals surface area contributed by atoms with E-state index in [2.05, 4.69) is 9.98 Å². The number of aliphatic imine (C=N–C) groups is 1. The van der Waals surface area contributed by atoms with Crippen molar-refractivity contribution in [3.05, 3.63) is 83.6 Å². The zero-order chi connectivity index (χ0) is 20.9. The Labute approximate surface area is 169 Å². The fourth-order valence-electron chi connectivity index (χ4n) is 3.63. The molecule has 5 rings (SSSR count). The standard InChI is InChI=1S/C23H11F3N4/c24-23(25,26)15-8-5-13(6-9-15)14-7-10-18-19(11-14)30-21-17-4-2-1-3-16(17)20(28-12-27)22(21)29-18/h1-11H. The van der Waals surface area contributed by atoms with Gasteiger partial charge in [-0.15, -0.1) is 0 Å². The van der Waals surface area contributed by atoms with E-state index in [1.165, 1.54) is 12.1 Å². The maximum absolute atomic E-state index is 12.8. The van der Waals surface area contributed by atoms with E-state index in [1.807, 2.05) is 30.5 Å². The zero-order valence-electron chi connectivity index (χ0n) is 15.3. The monoisotopic (exact) mass is 400 g/mol. The van der Waals surface area contributed by atoms with Crippen molar-refractivity contribution < 1.29 is 13.2 Å². The summed E-state index contributed by atoms with van der Waals surface area (Å²) in [5, 5.41) is 9.07. The molecule has 0 spiro atoms. The number of hydrogen-bond donors (Lipinski definition) is 0. The van der Waals surface area contributed by atoms with Crippen LogP contribution in [-0.2, 0) is 6.18 Å². The molecular formula is C23H11F3N4. The van der Waals surface area contributed by atoms with E-state index in [1.54, 1.807) is 18.2 Å². The lowest BCUT2D eigenvalue weighted by atomic mass is 10.0. The lowest BCUT2D eigenvalue weighted by Crippen LogP contribution is -2.04. The van der Waals surface area contributed by atoms with Gasteiger partial charge in [0, 0.05) is 11.1 Å². The Balaban J connectivity index is 1.64. The fourth-order valence-corrected chi connectivity index (χ4v) is 3.63. The van der Waals surface area contributed by atoms with E-state index in [4.69, 9.17) is 10.2 Å². The second kappa shape index (κ2) is 6.49. The highest BCUT2D eigenvalue weighted by molar-refractivity contribution is 6.23. The average Bonchev–Trinajstić information content (AvgIpc) is 3.05. The van der Waals surface area contributed by atoms with Gasteiger partial charge in [-0.05, 0) is 35.4 Å². The lowest BCUT2D eigenvalue weighted by molar-refractivity contribution is -0.137. The zero-order valence-corrected chi connectivity index (χ0v) is 15.3. The normalized spacial score (nSPS) is 13.9. The van der Waals surface area contributed by atoms with Gasteiger partial charge in [0.2, 0.25) is 6.19 Å². The van der Waals surface area contributed by atoms with Crippen molar-refractivity contribution in [3.8, 4) is 28.6 Å². The summed E-state index contributed by atoms with van der Waals surface area (Å²) in [5.41, 5.74) is 5.24. The minimum absolute atomic E-state index is 0.490. The Morgan fingerprint density at radius 2 is 1.43 bits per heavy atom. The quantitative estimate of drug-likeness (QED) is 0.343. The molecule has 0 fully saturated rings. The summed E-state index contributed by atoms with van der Waals surface area (Å²) in [7, 11) is 0. The molecule has 4 aromatic rings. The number of alkyl halides is 3. The third-order valence-corrected chi connectivity index (χ3v) is 5.03. The molecule has 0 saturated carbocycles. The number of fused-ring (bicyclic) bond motifs is 4. The van der Waals surface area contributed by atoms with Gasteiger partial charge in [0.05, 0.1) is 22.3 Å². The number of benzene rings is 3. The second-order valence-corrected chi connectivity index (χ2v) is 6.81. The van der Waals surface area contributed by atoms with E-state index in [0.29, 0.717) is 33.7 Å². The summed E-state index contributed by atoms with van der Waals surface area (Å²) < 4.78 is 38.5. The van der Waals surface area contributed by atoms with Gasteiger partial charge in [0.25, 0.3) is 0 Å². The Morgan fingerprint density at radius 3 is 2.13 bits per heavy atom. The molecule has 4 nitrogen and oxygen atoms in total. The summed E-state index contributed by atoms with van der Waals surface area (Å²) in [5.74, 6) is 0. The van der Waals surface area contributed by atoms with Gasteiger partial charge in [-0.25, -0.2) is 9.97 Å². The third kappa shape index (κ3) is 2.81. The summed E-state index contributed by atoms with van der Waals surface area (Å²) in [4.78, 5) is 13.3. The van der Waals surface area contributed by atoms with Crippen LogP contribution in [0.2, 0.25) is 0 Å². The molecule has 144 valence electrons. The first kappa shape index (κ1) is 18.0. The van der Waals surface area contributed by atoms with Crippen LogP contribution < -0.4 is 0 Å². The maximum atomic E-state index is 12.8.